The van der Waals surface area contributed by atoms with Crippen molar-refractivity contribution < 1.29 is 19.1 Å². The fourth-order valence-electron chi connectivity index (χ4n) is 2.83. The van der Waals surface area contributed by atoms with Gasteiger partial charge in [0.25, 0.3) is 5.91 Å². The molecule has 1 saturated heterocycles. The zero-order valence-electron chi connectivity index (χ0n) is 15.7. The summed E-state index contributed by atoms with van der Waals surface area (Å²) in [6, 6.07) is 13.2. The molecular formula is C21H21IN2O4. The third kappa shape index (κ3) is 4.46. The average Bonchev–Trinajstić information content (AvgIpc) is 2.94. The summed E-state index contributed by atoms with van der Waals surface area (Å²) in [6.07, 6.45) is 1.65. The lowest BCUT2D eigenvalue weighted by molar-refractivity contribution is -0.122. The number of nitrogens with one attached hydrogen (secondary N) is 1. The molecule has 0 unspecified atom stereocenters. The smallest absolute Gasteiger partial charge is 0.328 e. The van der Waals surface area contributed by atoms with Crippen molar-refractivity contribution in [2.75, 3.05) is 13.2 Å². The molecule has 0 saturated carbocycles. The van der Waals surface area contributed by atoms with E-state index in [2.05, 4.69) is 27.9 Å². The Hall–Kier alpha value is -2.55. The van der Waals surface area contributed by atoms with Gasteiger partial charge in [-0.25, -0.2) is 4.79 Å². The van der Waals surface area contributed by atoms with Crippen LogP contribution in [0.4, 0.5) is 4.79 Å². The highest BCUT2D eigenvalue weighted by atomic mass is 127. The second-order valence-electron chi connectivity index (χ2n) is 6.07. The number of carbonyl (C=O) groups excluding carboxylic acids is 2. The molecule has 0 aliphatic carbocycles. The number of nitrogens with zero attached hydrogens (tertiary/aromatic N) is 1. The van der Waals surface area contributed by atoms with Gasteiger partial charge in [-0.05, 0) is 65.8 Å². The molecule has 0 radical (unpaired) electrons. The highest BCUT2D eigenvalue weighted by molar-refractivity contribution is 14.1. The maximum absolute atomic E-state index is 12.3. The number of imide groups is 1. The molecule has 6 nitrogen and oxygen atoms in total. The molecule has 0 aromatic heterocycles. The number of benzene rings is 2. The van der Waals surface area contributed by atoms with Crippen LogP contribution >= 0.6 is 22.6 Å². The number of likely N-dealkylation sites (N-methyl/N-ethyl adjacent to an activating group) is 1. The van der Waals surface area contributed by atoms with Crippen LogP contribution < -0.4 is 14.8 Å². The highest BCUT2D eigenvalue weighted by Gasteiger charge is 2.32. The number of hydrogen-bond acceptors (Lipinski definition) is 4. The van der Waals surface area contributed by atoms with Crippen LogP contribution in [0.3, 0.4) is 0 Å². The summed E-state index contributed by atoms with van der Waals surface area (Å²) in [5.74, 6) is 0.927. The molecule has 2 aromatic rings. The summed E-state index contributed by atoms with van der Waals surface area (Å²) >= 11 is 2.18. The number of amides is 3. The van der Waals surface area contributed by atoms with E-state index in [9.17, 15) is 9.59 Å². The van der Waals surface area contributed by atoms with Crippen LogP contribution in [0, 0.1) is 3.57 Å². The normalized spacial score (nSPS) is 15.1. The van der Waals surface area contributed by atoms with Gasteiger partial charge < -0.3 is 14.8 Å². The lowest BCUT2D eigenvalue weighted by atomic mass is 10.1. The Morgan fingerprint density at radius 1 is 1.11 bits per heavy atom. The van der Waals surface area contributed by atoms with Crippen molar-refractivity contribution in [1.29, 1.82) is 0 Å². The molecule has 2 aromatic carbocycles. The first-order valence-corrected chi connectivity index (χ1v) is 10.1. The lowest BCUT2D eigenvalue weighted by Crippen LogP contribution is -2.30. The molecule has 1 aliphatic heterocycles. The molecule has 1 N–H and O–H groups in total. The van der Waals surface area contributed by atoms with Crippen LogP contribution in [0.15, 0.2) is 48.2 Å². The van der Waals surface area contributed by atoms with Gasteiger partial charge in [-0.15, -0.1) is 0 Å². The number of hydrogen-bond donors (Lipinski definition) is 1. The quantitative estimate of drug-likeness (QED) is 0.358. The average molecular weight is 492 g/mol. The third-order valence-electron chi connectivity index (χ3n) is 4.15. The first-order chi connectivity index (χ1) is 13.5. The van der Waals surface area contributed by atoms with Crippen LogP contribution in [-0.2, 0) is 11.4 Å². The standard InChI is InChI=1S/C21H21IN2O4/c1-3-24-20(25)17(23-21(24)26)11-15-10-16(22)19(18(12-15)27-4-2)28-13-14-8-6-5-7-9-14/h5-12H,3-4,13H2,1-2H3,(H,23,26)/b17-11+. The molecule has 0 atom stereocenters. The van der Waals surface area contributed by atoms with Crippen LogP contribution in [0.1, 0.15) is 25.0 Å². The third-order valence-corrected chi connectivity index (χ3v) is 4.95. The second kappa shape index (κ2) is 9.09. The van der Waals surface area contributed by atoms with Crippen LogP contribution in [0.2, 0.25) is 0 Å². The number of ether oxygens (including phenoxy) is 2. The first-order valence-electron chi connectivity index (χ1n) is 9.01. The molecule has 1 heterocycles. The van der Waals surface area contributed by atoms with Crippen molar-refractivity contribution in [3.63, 3.8) is 0 Å². The second-order valence-corrected chi connectivity index (χ2v) is 7.24. The van der Waals surface area contributed by atoms with Gasteiger partial charge in [-0.3, -0.25) is 9.69 Å². The van der Waals surface area contributed by atoms with Crippen LogP contribution in [0.25, 0.3) is 6.08 Å². The number of carbonyl (C=O) groups is 2. The van der Waals surface area contributed by atoms with Crippen molar-refractivity contribution in [3.05, 3.63) is 62.9 Å². The Morgan fingerprint density at radius 2 is 1.86 bits per heavy atom. The zero-order valence-corrected chi connectivity index (χ0v) is 17.9. The van der Waals surface area contributed by atoms with E-state index >= 15 is 0 Å². The molecule has 7 heteroatoms. The first kappa shape index (κ1) is 20.2. The van der Waals surface area contributed by atoms with Crippen LogP contribution in [0.5, 0.6) is 11.5 Å². The van der Waals surface area contributed by atoms with E-state index in [0.29, 0.717) is 31.3 Å². The summed E-state index contributed by atoms with van der Waals surface area (Å²) in [7, 11) is 0. The summed E-state index contributed by atoms with van der Waals surface area (Å²) in [5.41, 5.74) is 2.07. The van der Waals surface area contributed by atoms with Gasteiger partial charge in [0.05, 0.1) is 10.2 Å². The van der Waals surface area contributed by atoms with Crippen molar-refractivity contribution in [1.82, 2.24) is 10.2 Å². The number of halogens is 1. The topological polar surface area (TPSA) is 67.9 Å². The van der Waals surface area contributed by atoms with Gasteiger partial charge in [-0.1, -0.05) is 30.3 Å². The van der Waals surface area contributed by atoms with Gasteiger partial charge in [0.15, 0.2) is 11.5 Å². The monoisotopic (exact) mass is 492 g/mol. The molecule has 0 spiro atoms. The summed E-state index contributed by atoms with van der Waals surface area (Å²) in [4.78, 5) is 25.3. The summed E-state index contributed by atoms with van der Waals surface area (Å²) in [5, 5.41) is 2.61. The molecule has 1 aliphatic rings. The van der Waals surface area contributed by atoms with Gasteiger partial charge in [0.1, 0.15) is 12.3 Å². The molecule has 0 bridgehead atoms. The SMILES string of the molecule is CCOc1cc(/C=C2/NC(=O)N(CC)C2=O)cc(I)c1OCc1ccccc1. The number of rotatable bonds is 7. The Kier molecular flexibility index (Phi) is 6.56. The van der Waals surface area contributed by atoms with E-state index in [-0.39, 0.29) is 11.6 Å². The molecule has 3 amide bonds. The maximum Gasteiger partial charge on any atom is 0.328 e. The van der Waals surface area contributed by atoms with E-state index in [4.69, 9.17) is 9.47 Å². The fourth-order valence-corrected chi connectivity index (χ4v) is 3.61. The lowest BCUT2D eigenvalue weighted by Gasteiger charge is -2.15. The molecule has 28 heavy (non-hydrogen) atoms. The van der Waals surface area contributed by atoms with Crippen molar-refractivity contribution in [2.24, 2.45) is 0 Å². The summed E-state index contributed by atoms with van der Waals surface area (Å²) < 4.78 is 12.6. The van der Waals surface area contributed by atoms with Gasteiger partial charge in [-0.2, -0.15) is 0 Å². The predicted octanol–water partition coefficient (Wildman–Crippen LogP) is 4.18. The van der Waals surface area contributed by atoms with E-state index in [1.807, 2.05) is 49.4 Å². The van der Waals surface area contributed by atoms with Gasteiger partial charge >= 0.3 is 6.03 Å². The van der Waals surface area contributed by atoms with Gasteiger partial charge in [0, 0.05) is 6.54 Å². The van der Waals surface area contributed by atoms with Crippen LogP contribution in [-0.4, -0.2) is 30.0 Å². The largest absolute Gasteiger partial charge is 0.490 e. The molecule has 3 rings (SSSR count). The van der Waals surface area contributed by atoms with Crippen molar-refractivity contribution in [2.45, 2.75) is 20.5 Å². The van der Waals surface area contributed by atoms with E-state index in [0.717, 1.165) is 19.6 Å². The zero-order chi connectivity index (χ0) is 20.1. The highest BCUT2D eigenvalue weighted by Crippen LogP contribution is 2.35. The Morgan fingerprint density at radius 3 is 2.50 bits per heavy atom. The minimum absolute atomic E-state index is 0.253. The maximum atomic E-state index is 12.3. The minimum Gasteiger partial charge on any atom is -0.490 e. The van der Waals surface area contributed by atoms with E-state index in [1.165, 1.54) is 0 Å². The minimum atomic E-state index is -0.402. The van der Waals surface area contributed by atoms with Crippen molar-refractivity contribution in [3.8, 4) is 11.5 Å². The Bertz CT molecular complexity index is 912. The summed E-state index contributed by atoms with van der Waals surface area (Å²) in [6.45, 7) is 4.90. The Labute approximate surface area is 177 Å². The van der Waals surface area contributed by atoms with Crippen molar-refractivity contribution >= 4 is 40.6 Å². The fraction of sp³-hybridized carbons (Fsp3) is 0.238. The van der Waals surface area contributed by atoms with Gasteiger partial charge in [0.2, 0.25) is 0 Å². The molecular weight excluding hydrogens is 471 g/mol. The molecule has 146 valence electrons. The van der Waals surface area contributed by atoms with E-state index in [1.54, 1.807) is 13.0 Å². The molecule has 1 fully saturated rings. The number of urea groups is 1. The Balaban J connectivity index is 1.87. The van der Waals surface area contributed by atoms with E-state index < -0.39 is 6.03 Å². The predicted molar refractivity (Wildman–Crippen MR) is 115 cm³/mol.